The lowest BCUT2D eigenvalue weighted by Gasteiger charge is -2.20. The monoisotopic (exact) mass is 257 g/mol. The molecule has 0 aliphatic carbocycles. The molecule has 1 aliphatic heterocycles. The van der Waals surface area contributed by atoms with Crippen LogP contribution in [0, 0.1) is 0 Å². The van der Waals surface area contributed by atoms with Gasteiger partial charge in [0.2, 0.25) is 0 Å². The topological polar surface area (TPSA) is 30.3 Å². The van der Waals surface area contributed by atoms with E-state index < -0.39 is 0 Å². The summed E-state index contributed by atoms with van der Waals surface area (Å²) in [7, 11) is 2.14. The molecule has 3 rings (SSSR count). The van der Waals surface area contributed by atoms with Crippen molar-refractivity contribution in [3.63, 3.8) is 0 Å². The Morgan fingerprint density at radius 2 is 2.21 bits per heavy atom. The third kappa shape index (κ3) is 3.03. The van der Waals surface area contributed by atoms with Gasteiger partial charge in [-0.15, -0.1) is 0 Å². The number of nitrogens with zero attached hydrogens (tertiary/aromatic N) is 3. The van der Waals surface area contributed by atoms with Crippen molar-refractivity contribution in [3.05, 3.63) is 54.1 Å². The van der Waals surface area contributed by atoms with Gasteiger partial charge in [0.15, 0.2) is 0 Å². The van der Waals surface area contributed by atoms with E-state index in [9.17, 15) is 0 Å². The molecule has 19 heavy (non-hydrogen) atoms. The summed E-state index contributed by atoms with van der Waals surface area (Å²) in [6.07, 6.45) is 4.15. The van der Waals surface area contributed by atoms with E-state index in [1.165, 1.54) is 5.69 Å². The highest BCUT2D eigenvalue weighted by atomic mass is 16.5. The number of fused-ring (bicyclic) bond motifs is 1. The van der Waals surface area contributed by atoms with Gasteiger partial charge in [-0.2, -0.15) is 0 Å². The van der Waals surface area contributed by atoms with Crippen molar-refractivity contribution in [3.8, 4) is 0 Å². The fourth-order valence-electron chi connectivity index (χ4n) is 2.53. The van der Waals surface area contributed by atoms with Crippen LogP contribution in [0.1, 0.15) is 11.4 Å². The first-order valence-electron chi connectivity index (χ1n) is 6.65. The number of pyridine rings is 1. The summed E-state index contributed by atoms with van der Waals surface area (Å²) in [6, 6.07) is 10.2. The Bertz CT molecular complexity index is 523. The number of likely N-dealkylation sites (N-methyl/N-ethyl adjacent to an activating group) is 1. The molecule has 0 saturated carbocycles. The average Bonchev–Trinajstić information content (AvgIpc) is 2.78. The van der Waals surface area contributed by atoms with Crippen molar-refractivity contribution >= 4 is 0 Å². The maximum Gasteiger partial charge on any atom is 0.0893 e. The third-order valence-corrected chi connectivity index (χ3v) is 3.46. The van der Waals surface area contributed by atoms with Gasteiger partial charge in [-0.25, -0.2) is 0 Å². The molecule has 0 amide bonds. The molecule has 1 atom stereocenters. The van der Waals surface area contributed by atoms with Crippen molar-refractivity contribution < 1.29 is 4.74 Å². The smallest absolute Gasteiger partial charge is 0.0893 e. The lowest BCUT2D eigenvalue weighted by molar-refractivity contribution is 0.0132. The molecule has 100 valence electrons. The fraction of sp³-hybridized carbons (Fsp3) is 0.400. The van der Waals surface area contributed by atoms with Crippen LogP contribution in [0.5, 0.6) is 0 Å². The summed E-state index contributed by atoms with van der Waals surface area (Å²) in [5.41, 5.74) is 2.34. The number of ether oxygens (including phenoxy) is 1. The Hall–Kier alpha value is -1.65. The average molecular weight is 257 g/mol. The summed E-state index contributed by atoms with van der Waals surface area (Å²) in [6.45, 7) is 3.43. The second-order valence-corrected chi connectivity index (χ2v) is 5.10. The van der Waals surface area contributed by atoms with Crippen LogP contribution in [0.25, 0.3) is 0 Å². The standard InChI is InChI=1S/C15H19N3O/c1-17-9-14-6-4-8-18(14)11-15(10-17)19-12-13-5-2-3-7-16-13/h2-8,15H,9-12H2,1H3/t15-/m1/s1. The van der Waals surface area contributed by atoms with E-state index >= 15 is 0 Å². The molecule has 0 aromatic carbocycles. The van der Waals surface area contributed by atoms with Crippen LogP contribution in [0.2, 0.25) is 0 Å². The molecule has 0 spiro atoms. The molecule has 3 heterocycles. The zero-order chi connectivity index (χ0) is 13.1. The van der Waals surface area contributed by atoms with Crippen LogP contribution >= 0.6 is 0 Å². The highest BCUT2D eigenvalue weighted by Crippen LogP contribution is 2.14. The lowest BCUT2D eigenvalue weighted by Crippen LogP contribution is -2.30. The normalized spacial score (nSPS) is 19.9. The SMILES string of the molecule is CN1Cc2cccn2C[C@H](OCc2ccccn2)C1. The third-order valence-electron chi connectivity index (χ3n) is 3.46. The first kappa shape index (κ1) is 12.4. The van der Waals surface area contributed by atoms with E-state index in [4.69, 9.17) is 4.74 Å². The highest BCUT2D eigenvalue weighted by molar-refractivity contribution is 5.08. The Kier molecular flexibility index (Phi) is 3.62. The highest BCUT2D eigenvalue weighted by Gasteiger charge is 2.19. The van der Waals surface area contributed by atoms with Crippen molar-refractivity contribution in [2.75, 3.05) is 13.6 Å². The van der Waals surface area contributed by atoms with Gasteiger partial charge in [-0.3, -0.25) is 9.88 Å². The first-order valence-corrected chi connectivity index (χ1v) is 6.65. The van der Waals surface area contributed by atoms with Crippen LogP contribution in [0.4, 0.5) is 0 Å². The summed E-state index contributed by atoms with van der Waals surface area (Å²) in [4.78, 5) is 6.60. The molecule has 0 unspecified atom stereocenters. The summed E-state index contributed by atoms with van der Waals surface area (Å²) in [5, 5.41) is 0. The van der Waals surface area contributed by atoms with E-state index in [-0.39, 0.29) is 6.10 Å². The van der Waals surface area contributed by atoms with Gasteiger partial charge in [-0.1, -0.05) is 6.07 Å². The van der Waals surface area contributed by atoms with E-state index in [0.717, 1.165) is 25.3 Å². The maximum atomic E-state index is 6.02. The minimum atomic E-state index is 0.209. The van der Waals surface area contributed by atoms with Crippen LogP contribution in [-0.4, -0.2) is 34.1 Å². The Labute approximate surface area is 113 Å². The van der Waals surface area contributed by atoms with Gasteiger partial charge in [0, 0.05) is 37.7 Å². The molecular formula is C15H19N3O. The number of hydrogen-bond donors (Lipinski definition) is 0. The predicted octanol–water partition coefficient (Wildman–Crippen LogP) is 1.91. The summed E-state index contributed by atoms with van der Waals surface area (Å²) >= 11 is 0. The lowest BCUT2D eigenvalue weighted by atomic mass is 10.3. The molecule has 2 aromatic rings. The molecule has 1 aliphatic rings. The Balaban J connectivity index is 1.65. The molecule has 0 fully saturated rings. The minimum Gasteiger partial charge on any atom is -0.369 e. The first-order chi connectivity index (χ1) is 9.31. The molecule has 0 radical (unpaired) electrons. The molecule has 0 saturated heterocycles. The maximum absolute atomic E-state index is 6.02. The van der Waals surface area contributed by atoms with E-state index in [2.05, 4.69) is 39.8 Å². The number of hydrogen-bond acceptors (Lipinski definition) is 3. The Morgan fingerprint density at radius 3 is 3.05 bits per heavy atom. The minimum absolute atomic E-state index is 0.209. The zero-order valence-electron chi connectivity index (χ0n) is 11.2. The fourth-order valence-corrected chi connectivity index (χ4v) is 2.53. The molecule has 4 heteroatoms. The van der Waals surface area contributed by atoms with Crippen molar-refractivity contribution in [2.45, 2.75) is 25.8 Å². The van der Waals surface area contributed by atoms with Gasteiger partial charge >= 0.3 is 0 Å². The van der Waals surface area contributed by atoms with Crippen LogP contribution in [0.15, 0.2) is 42.7 Å². The molecule has 2 aromatic heterocycles. The quantitative estimate of drug-likeness (QED) is 0.841. The van der Waals surface area contributed by atoms with Gasteiger partial charge < -0.3 is 9.30 Å². The Morgan fingerprint density at radius 1 is 1.26 bits per heavy atom. The van der Waals surface area contributed by atoms with E-state index in [1.54, 1.807) is 0 Å². The molecule has 0 N–H and O–H groups in total. The predicted molar refractivity (Wildman–Crippen MR) is 73.6 cm³/mol. The molecule has 4 nitrogen and oxygen atoms in total. The van der Waals surface area contributed by atoms with Crippen molar-refractivity contribution in [2.24, 2.45) is 0 Å². The van der Waals surface area contributed by atoms with E-state index in [0.29, 0.717) is 6.61 Å². The summed E-state index contributed by atoms with van der Waals surface area (Å²) < 4.78 is 8.30. The molecule has 0 bridgehead atoms. The largest absolute Gasteiger partial charge is 0.369 e. The second kappa shape index (κ2) is 5.55. The van der Waals surface area contributed by atoms with Crippen LogP contribution in [0.3, 0.4) is 0 Å². The van der Waals surface area contributed by atoms with Gasteiger partial charge in [0.05, 0.1) is 18.4 Å². The van der Waals surface area contributed by atoms with Crippen molar-refractivity contribution in [1.29, 1.82) is 0 Å². The summed E-state index contributed by atoms with van der Waals surface area (Å²) in [5.74, 6) is 0. The number of rotatable bonds is 3. The van der Waals surface area contributed by atoms with Crippen molar-refractivity contribution in [1.82, 2.24) is 14.5 Å². The zero-order valence-corrected chi connectivity index (χ0v) is 11.2. The van der Waals surface area contributed by atoms with Gasteiger partial charge in [0.25, 0.3) is 0 Å². The van der Waals surface area contributed by atoms with Gasteiger partial charge in [0.1, 0.15) is 0 Å². The van der Waals surface area contributed by atoms with E-state index in [1.807, 2.05) is 24.4 Å². The second-order valence-electron chi connectivity index (χ2n) is 5.10. The number of aromatic nitrogens is 2. The molecular weight excluding hydrogens is 238 g/mol. The van der Waals surface area contributed by atoms with Crippen LogP contribution < -0.4 is 0 Å². The van der Waals surface area contributed by atoms with Gasteiger partial charge in [-0.05, 0) is 31.3 Å². The van der Waals surface area contributed by atoms with Crippen LogP contribution in [-0.2, 0) is 24.4 Å².